The Morgan fingerprint density at radius 1 is 1.29 bits per heavy atom. The minimum atomic E-state index is -3.29. The molecule has 0 amide bonds. The van der Waals surface area contributed by atoms with E-state index in [2.05, 4.69) is 4.74 Å². The summed E-state index contributed by atoms with van der Waals surface area (Å²) in [7, 11) is -3.29. The van der Waals surface area contributed by atoms with E-state index in [1.54, 1.807) is 13.8 Å². The summed E-state index contributed by atoms with van der Waals surface area (Å²) >= 11 is 5.19. The number of hydrogen-bond acceptors (Lipinski definition) is 5. The highest BCUT2D eigenvalue weighted by atomic mass is 35.5. The quantitative estimate of drug-likeness (QED) is 0.389. The highest BCUT2D eigenvalue weighted by molar-refractivity contribution is 7.53. The van der Waals surface area contributed by atoms with Gasteiger partial charge in [0.1, 0.15) is 5.88 Å². The Bertz CT molecular complexity index is 210. The van der Waals surface area contributed by atoms with Gasteiger partial charge in [0, 0.05) is 0 Å². The molecule has 0 aromatic carbocycles. The van der Waals surface area contributed by atoms with E-state index in [0.29, 0.717) is 0 Å². The van der Waals surface area contributed by atoms with Crippen LogP contribution >= 0.6 is 19.2 Å². The molecular formula is C7H14ClO5P. The molecule has 0 N–H and O–H groups in total. The molecule has 0 heterocycles. The first kappa shape index (κ1) is 13.9. The predicted octanol–water partition coefficient (Wildman–Crippen LogP) is 1.99. The maximum atomic E-state index is 11.7. The lowest BCUT2D eigenvalue weighted by Crippen LogP contribution is -2.10. The topological polar surface area (TPSA) is 61.8 Å². The zero-order valence-electron chi connectivity index (χ0n) is 8.19. The van der Waals surface area contributed by atoms with Crippen LogP contribution in [0.25, 0.3) is 0 Å². The molecule has 14 heavy (non-hydrogen) atoms. The summed E-state index contributed by atoms with van der Waals surface area (Å²) in [6.07, 6.45) is -0.389. The molecule has 0 bridgehead atoms. The summed E-state index contributed by atoms with van der Waals surface area (Å²) in [5.74, 6) is -0.926. The summed E-state index contributed by atoms with van der Waals surface area (Å²) < 4.78 is 26.0. The molecule has 0 saturated heterocycles. The van der Waals surface area contributed by atoms with Crippen molar-refractivity contribution in [3.05, 3.63) is 0 Å². The SMILES string of the molecule is CCOP(=O)(COC(=O)CCl)OCC. The van der Waals surface area contributed by atoms with Crippen molar-refractivity contribution in [3.8, 4) is 0 Å². The molecule has 0 aromatic heterocycles. The molecule has 0 saturated carbocycles. The van der Waals surface area contributed by atoms with Crippen molar-refractivity contribution < 1.29 is 23.1 Å². The zero-order valence-corrected chi connectivity index (χ0v) is 9.85. The van der Waals surface area contributed by atoms with E-state index in [1.807, 2.05) is 0 Å². The van der Waals surface area contributed by atoms with E-state index in [4.69, 9.17) is 20.6 Å². The molecule has 0 aromatic rings. The van der Waals surface area contributed by atoms with Gasteiger partial charge in [0.15, 0.2) is 6.35 Å². The van der Waals surface area contributed by atoms with Crippen LogP contribution in [0.1, 0.15) is 13.8 Å². The molecule has 0 spiro atoms. The van der Waals surface area contributed by atoms with Gasteiger partial charge in [0.05, 0.1) is 13.2 Å². The zero-order chi connectivity index (χ0) is 11.0. The molecule has 0 aliphatic heterocycles. The number of esters is 1. The van der Waals surface area contributed by atoms with Crippen LogP contribution in [0.15, 0.2) is 0 Å². The van der Waals surface area contributed by atoms with Crippen LogP contribution in [0.5, 0.6) is 0 Å². The van der Waals surface area contributed by atoms with Gasteiger partial charge in [-0.25, -0.2) is 0 Å². The number of alkyl halides is 1. The monoisotopic (exact) mass is 244 g/mol. The van der Waals surface area contributed by atoms with Crippen LogP contribution in [0.4, 0.5) is 0 Å². The molecule has 5 nitrogen and oxygen atoms in total. The van der Waals surface area contributed by atoms with Crippen LogP contribution in [-0.4, -0.2) is 31.4 Å². The Morgan fingerprint density at radius 3 is 2.14 bits per heavy atom. The van der Waals surface area contributed by atoms with E-state index < -0.39 is 13.6 Å². The van der Waals surface area contributed by atoms with Gasteiger partial charge >= 0.3 is 13.6 Å². The maximum Gasteiger partial charge on any atom is 0.367 e. The predicted molar refractivity (Wildman–Crippen MR) is 52.5 cm³/mol. The first-order valence-corrected chi connectivity index (χ1v) is 6.44. The van der Waals surface area contributed by atoms with Gasteiger partial charge in [-0.05, 0) is 13.8 Å². The first-order valence-electron chi connectivity index (χ1n) is 4.17. The van der Waals surface area contributed by atoms with E-state index in [9.17, 15) is 9.36 Å². The Hall–Kier alpha value is -0.0900. The number of carbonyl (C=O) groups excluding carboxylic acids is 1. The fourth-order valence-electron chi connectivity index (χ4n) is 0.695. The van der Waals surface area contributed by atoms with Crippen molar-refractivity contribution in [2.24, 2.45) is 0 Å². The number of hydrogen-bond donors (Lipinski definition) is 0. The second-order valence-electron chi connectivity index (χ2n) is 2.23. The average molecular weight is 245 g/mol. The third-order valence-corrected chi connectivity index (χ3v) is 3.11. The fraction of sp³-hybridized carbons (Fsp3) is 0.857. The van der Waals surface area contributed by atoms with E-state index in [0.717, 1.165) is 0 Å². The minimum absolute atomic E-state index is 0.232. The molecule has 0 rings (SSSR count). The summed E-state index contributed by atoms with van der Waals surface area (Å²) in [5, 5.41) is 0. The second-order valence-corrected chi connectivity index (χ2v) is 4.49. The van der Waals surface area contributed by atoms with E-state index in [-0.39, 0.29) is 25.4 Å². The summed E-state index contributed by atoms with van der Waals surface area (Å²) in [6.45, 7) is 3.81. The summed E-state index contributed by atoms with van der Waals surface area (Å²) in [5.41, 5.74) is 0. The van der Waals surface area contributed by atoms with Crippen LogP contribution in [0.2, 0.25) is 0 Å². The van der Waals surface area contributed by atoms with Gasteiger partial charge in [-0.1, -0.05) is 0 Å². The van der Waals surface area contributed by atoms with Crippen molar-refractivity contribution in [1.29, 1.82) is 0 Å². The standard InChI is InChI=1S/C7H14ClO5P/c1-3-12-14(10,13-4-2)6-11-7(9)5-8/h3-6H2,1-2H3. The molecule has 0 unspecified atom stereocenters. The molecule has 0 atom stereocenters. The van der Waals surface area contributed by atoms with Crippen molar-refractivity contribution in [3.63, 3.8) is 0 Å². The van der Waals surface area contributed by atoms with Crippen LogP contribution in [-0.2, 0) is 23.1 Å². The van der Waals surface area contributed by atoms with Gasteiger partial charge in [-0.2, -0.15) is 0 Å². The molecule has 0 radical (unpaired) electrons. The summed E-state index contributed by atoms with van der Waals surface area (Å²) in [4.78, 5) is 10.7. The van der Waals surface area contributed by atoms with Gasteiger partial charge in [0.25, 0.3) is 0 Å². The molecule has 7 heteroatoms. The number of carbonyl (C=O) groups is 1. The molecule has 84 valence electrons. The summed E-state index contributed by atoms with van der Waals surface area (Å²) in [6, 6.07) is 0. The van der Waals surface area contributed by atoms with Crippen LogP contribution < -0.4 is 0 Å². The smallest absolute Gasteiger partial charge is 0.367 e. The van der Waals surface area contributed by atoms with Gasteiger partial charge in [-0.15, -0.1) is 11.6 Å². The molecule has 0 aliphatic rings. The lowest BCUT2D eigenvalue weighted by atomic mass is 10.8. The Labute approximate surface area is 88.2 Å². The van der Waals surface area contributed by atoms with Gasteiger partial charge < -0.3 is 13.8 Å². The highest BCUT2D eigenvalue weighted by Crippen LogP contribution is 2.47. The second kappa shape index (κ2) is 7.23. The lowest BCUT2D eigenvalue weighted by Gasteiger charge is -2.16. The third kappa shape index (κ3) is 5.60. The van der Waals surface area contributed by atoms with Crippen LogP contribution in [0.3, 0.4) is 0 Å². The largest absolute Gasteiger partial charge is 0.452 e. The van der Waals surface area contributed by atoms with Gasteiger partial charge in [-0.3, -0.25) is 9.36 Å². The van der Waals surface area contributed by atoms with Crippen molar-refractivity contribution in [1.82, 2.24) is 0 Å². The van der Waals surface area contributed by atoms with Crippen molar-refractivity contribution in [2.45, 2.75) is 13.8 Å². The first-order chi connectivity index (χ1) is 6.58. The van der Waals surface area contributed by atoms with Gasteiger partial charge in [0.2, 0.25) is 0 Å². The maximum absolute atomic E-state index is 11.7. The highest BCUT2D eigenvalue weighted by Gasteiger charge is 2.25. The molecule has 0 fully saturated rings. The Kier molecular flexibility index (Phi) is 7.19. The number of ether oxygens (including phenoxy) is 1. The minimum Gasteiger partial charge on any atom is -0.452 e. The molecule has 0 aliphatic carbocycles. The molecular weight excluding hydrogens is 230 g/mol. The average Bonchev–Trinajstić information content (AvgIpc) is 2.15. The van der Waals surface area contributed by atoms with Crippen molar-refractivity contribution >= 4 is 25.2 Å². The Balaban J connectivity index is 4.08. The van der Waals surface area contributed by atoms with E-state index >= 15 is 0 Å². The van der Waals surface area contributed by atoms with Crippen LogP contribution in [0, 0.1) is 0 Å². The number of rotatable bonds is 7. The number of halogens is 1. The lowest BCUT2D eigenvalue weighted by molar-refractivity contribution is -0.139. The van der Waals surface area contributed by atoms with Crippen molar-refractivity contribution in [2.75, 3.05) is 25.4 Å². The van der Waals surface area contributed by atoms with E-state index in [1.165, 1.54) is 0 Å². The Morgan fingerprint density at radius 2 is 1.79 bits per heavy atom. The third-order valence-electron chi connectivity index (χ3n) is 1.14. The normalized spacial score (nSPS) is 11.4. The fourth-order valence-corrected chi connectivity index (χ4v) is 2.08.